The predicted molar refractivity (Wildman–Crippen MR) is 239 cm³/mol. The van der Waals surface area contributed by atoms with Crippen molar-refractivity contribution < 1.29 is 61.9 Å². The van der Waals surface area contributed by atoms with E-state index in [1.54, 1.807) is 45.1 Å². The number of carbonyl (C=O) groups is 4. The third-order valence-corrected chi connectivity index (χ3v) is 13.3. The van der Waals surface area contributed by atoms with Crippen LogP contribution in [-0.4, -0.2) is 139 Å². The fourth-order valence-electron chi connectivity index (χ4n) is 9.78. The van der Waals surface area contributed by atoms with Gasteiger partial charge < -0.3 is 53.1 Å². The van der Waals surface area contributed by atoms with E-state index < -0.39 is 107 Å². The molecule has 13 atom stereocenters. The average Bonchev–Trinajstić information content (AvgIpc) is 3.58. The number of carbonyl (C=O) groups excluding carboxylic acids is 4. The van der Waals surface area contributed by atoms with Crippen molar-refractivity contribution in [3.8, 4) is 0 Å². The number of aryl methyl sites for hydroxylation is 1. The number of nitrogens with zero attached hydrogens (tertiary/aromatic N) is 3. The summed E-state index contributed by atoms with van der Waals surface area (Å²) in [6, 6.07) is 4.87. The topological polar surface area (TPSA) is 203 Å². The minimum Gasteiger partial charge on any atom is -0.455 e. The van der Waals surface area contributed by atoms with Gasteiger partial charge in [0.1, 0.15) is 24.9 Å². The first-order valence-electron chi connectivity index (χ1n) is 22.3. The predicted octanol–water partition coefficient (Wildman–Crippen LogP) is 5.21. The normalized spacial score (nSPS) is 35.7. The number of oxime groups is 1. The summed E-state index contributed by atoms with van der Waals surface area (Å²) >= 11 is 0. The zero-order valence-corrected chi connectivity index (χ0v) is 39.8. The molecule has 3 aliphatic heterocycles. The Morgan fingerprint density at radius 2 is 1.77 bits per heavy atom. The Morgan fingerprint density at radius 1 is 1.08 bits per heavy atom. The highest BCUT2D eigenvalue weighted by Crippen LogP contribution is 2.43. The minimum atomic E-state index is -3.25. The summed E-state index contributed by atoms with van der Waals surface area (Å²) in [6.45, 7) is 14.8. The van der Waals surface area contributed by atoms with Crippen LogP contribution in [0, 0.1) is 17.8 Å². The van der Waals surface area contributed by atoms with E-state index in [0.717, 1.165) is 6.92 Å². The number of likely N-dealkylation sites (N-methyl/N-ethyl adjacent to an activating group) is 1. The lowest BCUT2D eigenvalue weighted by Crippen LogP contribution is -2.61. The number of amides is 1. The molecule has 18 heteroatoms. The molecule has 3 fully saturated rings. The molecule has 0 saturated carbocycles. The first-order chi connectivity index (χ1) is 30.5. The third-order valence-electron chi connectivity index (χ3n) is 13.3. The number of esters is 1. The number of aromatic nitrogens is 1. The minimum absolute atomic E-state index is 0.00650. The second kappa shape index (κ2) is 20.4. The van der Waals surface area contributed by atoms with Gasteiger partial charge >= 0.3 is 12.1 Å². The van der Waals surface area contributed by atoms with E-state index in [4.69, 9.17) is 33.3 Å². The molecule has 2 N–H and O–H groups in total. The number of ketones is 1. The summed E-state index contributed by atoms with van der Waals surface area (Å²) in [5.41, 5.74) is -5.21. The number of pyridine rings is 1. The quantitative estimate of drug-likeness (QED) is 0.169. The van der Waals surface area contributed by atoms with Crippen molar-refractivity contribution in [2.45, 2.75) is 148 Å². The van der Waals surface area contributed by atoms with E-state index in [2.05, 4.69) is 10.5 Å². The Morgan fingerprint density at radius 3 is 2.38 bits per heavy atom. The van der Waals surface area contributed by atoms with Crippen LogP contribution in [0.3, 0.4) is 0 Å². The van der Waals surface area contributed by atoms with Gasteiger partial charge in [-0.05, 0) is 85.7 Å². The van der Waals surface area contributed by atoms with E-state index in [9.17, 15) is 29.1 Å². The van der Waals surface area contributed by atoms with Gasteiger partial charge in [-0.3, -0.25) is 14.4 Å². The highest BCUT2D eigenvalue weighted by Gasteiger charge is 2.60. The molecule has 0 bridgehead atoms. The molecular weight excluding hydrogens is 848 g/mol. The number of nitrogens with one attached hydrogen (secondary N) is 1. The van der Waals surface area contributed by atoms with Gasteiger partial charge in [0, 0.05) is 49.0 Å². The van der Waals surface area contributed by atoms with Gasteiger partial charge in [0.2, 0.25) is 5.43 Å². The SMILES string of the molecule is CC[C@H]1OC(=O)[C@@](C)(F)C(=O)[C@H](C)[C@@H](O[C@@H]2O[C@H](C)C[C@H](N(C)C)[C@H]2O)[C@](C)(OC/C=C/c2ccc3c(c2)c(=O)c(C(=O)NC)cn3CC)C[C@@H](C)/C(=N\OC)[C@H](C)[C@H]2OC(=O)O[C@@]21C. The monoisotopic (exact) mass is 914 g/mol. The number of aliphatic hydroxyl groups excluding tert-OH is 1. The van der Waals surface area contributed by atoms with Crippen LogP contribution in [0.4, 0.5) is 9.18 Å². The van der Waals surface area contributed by atoms with Crippen LogP contribution >= 0.6 is 0 Å². The molecule has 0 radical (unpaired) electrons. The van der Waals surface area contributed by atoms with Crippen LogP contribution < -0.4 is 10.7 Å². The lowest BCUT2D eigenvalue weighted by Gasteiger charge is -2.47. The number of ether oxygens (including phenoxy) is 6. The van der Waals surface area contributed by atoms with Crippen molar-refractivity contribution >= 4 is 46.5 Å². The molecule has 1 aromatic heterocycles. The maximum absolute atomic E-state index is 17.1. The van der Waals surface area contributed by atoms with Gasteiger partial charge in [-0.15, -0.1) is 0 Å². The Hall–Kier alpha value is -4.75. The van der Waals surface area contributed by atoms with E-state index in [1.807, 2.05) is 50.4 Å². The second-order valence-electron chi connectivity index (χ2n) is 18.3. The zero-order chi connectivity index (χ0) is 48.3. The van der Waals surface area contributed by atoms with Crippen molar-refractivity contribution in [2.24, 2.45) is 22.9 Å². The molecule has 0 aliphatic carbocycles. The molecule has 3 saturated heterocycles. The lowest BCUT2D eigenvalue weighted by atomic mass is 9.73. The standard InChI is InChI=1S/C47H67FN4O13/c1-14-34-47(9)40(64-44(58)65-47)27(5)35(50-59-13)25(3)23-45(7,60-20-16-17-29-18-19-32-30(22-29)36(53)31(41(56)49-10)24-52(32)15-2)39(28(6)38(55)46(8,48)43(57)62-34)63-42-37(54)33(51(11)12)21-26(4)61-42/h16-19,22,24-28,33-34,37,39-40,42,54H,14-15,20-21,23H2,1-13H3,(H,49,56)/b17-16+,50-35+/t25-,26-,27+,28+,33+,34-,37-,39-,40-,42+,45-,46+,47-/m1/s1. The molecular formula is C47H67FN4O13. The van der Waals surface area contributed by atoms with E-state index in [-0.39, 0.29) is 25.0 Å². The summed E-state index contributed by atoms with van der Waals surface area (Å²) in [5.74, 6) is -5.98. The molecule has 0 unspecified atom stereocenters. The van der Waals surface area contributed by atoms with Crippen LogP contribution in [0.25, 0.3) is 17.0 Å². The molecule has 5 rings (SSSR count). The highest BCUT2D eigenvalue weighted by molar-refractivity contribution is 6.08. The molecule has 17 nitrogen and oxygen atoms in total. The second-order valence-corrected chi connectivity index (χ2v) is 18.3. The summed E-state index contributed by atoms with van der Waals surface area (Å²) < 4.78 is 55.8. The summed E-state index contributed by atoms with van der Waals surface area (Å²) in [7, 11) is 6.45. The van der Waals surface area contributed by atoms with E-state index in [1.165, 1.54) is 34.2 Å². The number of aliphatic hydroxyl groups is 1. The fraction of sp³-hybridized carbons (Fsp3) is 0.660. The average molecular weight is 915 g/mol. The molecule has 3 aliphatic rings. The molecule has 65 heavy (non-hydrogen) atoms. The number of hydrogen-bond acceptors (Lipinski definition) is 15. The fourth-order valence-corrected chi connectivity index (χ4v) is 9.78. The van der Waals surface area contributed by atoms with Crippen LogP contribution in [-0.2, 0) is 49.4 Å². The smallest absolute Gasteiger partial charge is 0.455 e. The number of benzene rings is 1. The maximum Gasteiger partial charge on any atom is 0.509 e. The Kier molecular flexibility index (Phi) is 16.1. The molecule has 360 valence electrons. The summed E-state index contributed by atoms with van der Waals surface area (Å²) in [5, 5.41) is 19.0. The van der Waals surface area contributed by atoms with Crippen LogP contribution in [0.15, 0.2) is 40.4 Å². The number of fused-ring (bicyclic) bond motifs is 2. The van der Waals surface area contributed by atoms with Crippen LogP contribution in [0.2, 0.25) is 0 Å². The van der Waals surface area contributed by atoms with Gasteiger partial charge in [0.05, 0.1) is 35.6 Å². The highest BCUT2D eigenvalue weighted by atomic mass is 19.1. The first-order valence-corrected chi connectivity index (χ1v) is 22.3. The summed E-state index contributed by atoms with van der Waals surface area (Å²) in [4.78, 5) is 74.7. The van der Waals surface area contributed by atoms with Gasteiger partial charge in [-0.1, -0.05) is 51.1 Å². The van der Waals surface area contributed by atoms with Gasteiger partial charge in [-0.25, -0.2) is 14.0 Å². The number of cyclic esters (lactones) is 1. The molecule has 4 heterocycles. The Bertz CT molecular complexity index is 2210. The van der Waals surface area contributed by atoms with Crippen molar-refractivity contribution in [1.82, 2.24) is 14.8 Å². The number of rotatable bonds is 11. The van der Waals surface area contributed by atoms with Crippen LogP contribution in [0.5, 0.6) is 0 Å². The maximum atomic E-state index is 17.1. The molecule has 0 spiro atoms. The Labute approximate surface area is 379 Å². The Balaban J connectivity index is 1.64. The largest absolute Gasteiger partial charge is 0.509 e. The van der Waals surface area contributed by atoms with Gasteiger partial charge in [0.15, 0.2) is 23.8 Å². The van der Waals surface area contributed by atoms with Crippen molar-refractivity contribution in [3.05, 3.63) is 51.8 Å². The van der Waals surface area contributed by atoms with Crippen molar-refractivity contribution in [2.75, 3.05) is 34.9 Å². The van der Waals surface area contributed by atoms with Gasteiger partial charge in [0.25, 0.3) is 11.6 Å². The number of halogens is 1. The number of Topliss-reactive ketones (excluding diaryl/α,β-unsaturated/α-hetero) is 1. The van der Waals surface area contributed by atoms with Crippen molar-refractivity contribution in [1.29, 1.82) is 0 Å². The third kappa shape index (κ3) is 10.3. The summed E-state index contributed by atoms with van der Waals surface area (Å²) in [6.07, 6.45) is -2.23. The van der Waals surface area contributed by atoms with E-state index in [0.29, 0.717) is 35.1 Å². The van der Waals surface area contributed by atoms with Crippen molar-refractivity contribution in [3.63, 3.8) is 0 Å². The lowest BCUT2D eigenvalue weighted by molar-refractivity contribution is -0.296. The molecule has 2 aromatic rings. The zero-order valence-electron chi connectivity index (χ0n) is 39.8. The van der Waals surface area contributed by atoms with E-state index >= 15 is 4.39 Å². The molecule has 1 aromatic carbocycles. The van der Waals surface area contributed by atoms with Crippen LogP contribution in [0.1, 0.15) is 97.5 Å². The van der Waals surface area contributed by atoms with Gasteiger partial charge in [-0.2, -0.15) is 0 Å². The molecule has 1 amide bonds. The number of alkyl halides is 1. The number of hydrogen-bond donors (Lipinski definition) is 2. The first kappa shape index (κ1) is 51.2.